The number of halogens is 3. The highest BCUT2D eigenvalue weighted by Gasteiger charge is 2.33. The van der Waals surface area contributed by atoms with Crippen molar-refractivity contribution in [3.8, 4) is 6.07 Å². The van der Waals surface area contributed by atoms with E-state index in [0.29, 0.717) is 30.9 Å². The van der Waals surface area contributed by atoms with Crippen LogP contribution >= 0.6 is 0 Å². The molecule has 3 heterocycles. The molecule has 2 atom stereocenters. The summed E-state index contributed by atoms with van der Waals surface area (Å²) in [4.78, 5) is 19.8. The van der Waals surface area contributed by atoms with Crippen LogP contribution < -0.4 is 10.5 Å². The van der Waals surface area contributed by atoms with Crippen molar-refractivity contribution in [2.45, 2.75) is 38.5 Å². The fourth-order valence-corrected chi connectivity index (χ4v) is 3.78. The molecule has 0 spiro atoms. The molecule has 0 aliphatic carbocycles. The summed E-state index contributed by atoms with van der Waals surface area (Å²) in [7, 11) is 0. The molecule has 1 saturated heterocycles. The highest BCUT2D eigenvalue weighted by Crippen LogP contribution is 2.30. The fourth-order valence-electron chi connectivity index (χ4n) is 3.78. The summed E-state index contributed by atoms with van der Waals surface area (Å²) in [6.45, 7) is 5.44. The third kappa shape index (κ3) is 4.56. The molecule has 10 heteroatoms. The Morgan fingerprint density at radius 3 is 2.83 bits per heavy atom. The van der Waals surface area contributed by atoms with Crippen LogP contribution in [-0.2, 0) is 6.42 Å². The van der Waals surface area contributed by atoms with Gasteiger partial charge in [-0.05, 0) is 25.5 Å². The molecule has 0 unspecified atom stereocenters. The molecule has 2 aromatic rings. The average molecular weight is 406 g/mol. The van der Waals surface area contributed by atoms with Gasteiger partial charge in [-0.3, -0.25) is 14.7 Å². The SMILES string of the molecule is C[C@H](c1cccnc1CC(F)(F)F)N1CCN(c2cn[nH]c(=O)c2C#N)[C@H](C)C1. The molecule has 0 saturated carbocycles. The molecular formula is C19H21F3N6O. The first kappa shape index (κ1) is 20.8. The van der Waals surface area contributed by atoms with E-state index in [-0.39, 0.29) is 23.3 Å². The third-order valence-electron chi connectivity index (χ3n) is 5.21. The number of nitrogens with zero attached hydrogens (tertiary/aromatic N) is 5. The first-order valence-corrected chi connectivity index (χ1v) is 9.20. The van der Waals surface area contributed by atoms with Crippen molar-refractivity contribution in [1.29, 1.82) is 5.26 Å². The number of aromatic nitrogens is 3. The molecule has 0 aromatic carbocycles. The van der Waals surface area contributed by atoms with Crippen LogP contribution in [0.15, 0.2) is 29.3 Å². The summed E-state index contributed by atoms with van der Waals surface area (Å²) in [6.07, 6.45) is -2.55. The first-order chi connectivity index (χ1) is 13.7. The number of piperazine rings is 1. The van der Waals surface area contributed by atoms with E-state index < -0.39 is 18.2 Å². The number of alkyl halides is 3. The van der Waals surface area contributed by atoms with E-state index in [9.17, 15) is 23.2 Å². The number of nitriles is 1. The summed E-state index contributed by atoms with van der Waals surface area (Å²) in [5.74, 6) is 0. The Kier molecular flexibility index (Phi) is 5.88. The topological polar surface area (TPSA) is 88.9 Å². The molecule has 0 amide bonds. The molecule has 154 valence electrons. The molecule has 1 fully saturated rings. The normalized spacial score (nSPS) is 19.0. The summed E-state index contributed by atoms with van der Waals surface area (Å²) in [5, 5.41) is 15.3. The van der Waals surface area contributed by atoms with Gasteiger partial charge in [-0.2, -0.15) is 23.5 Å². The van der Waals surface area contributed by atoms with Crippen LogP contribution in [0.1, 0.15) is 36.7 Å². The molecule has 1 aliphatic heterocycles. The lowest BCUT2D eigenvalue weighted by atomic mass is 10.0. The van der Waals surface area contributed by atoms with Gasteiger partial charge in [0.15, 0.2) is 0 Å². The van der Waals surface area contributed by atoms with Crippen molar-refractivity contribution >= 4 is 5.69 Å². The second kappa shape index (κ2) is 8.21. The van der Waals surface area contributed by atoms with Gasteiger partial charge in [0.05, 0.1) is 24.0 Å². The van der Waals surface area contributed by atoms with Crippen molar-refractivity contribution in [3.05, 3.63) is 51.7 Å². The quantitative estimate of drug-likeness (QED) is 0.839. The molecule has 0 bridgehead atoms. The van der Waals surface area contributed by atoms with E-state index in [1.54, 1.807) is 12.1 Å². The zero-order valence-corrected chi connectivity index (χ0v) is 16.1. The van der Waals surface area contributed by atoms with Crippen LogP contribution in [0.3, 0.4) is 0 Å². The number of pyridine rings is 1. The smallest absolute Gasteiger partial charge is 0.364 e. The minimum absolute atomic E-state index is 0.00747. The molecule has 0 radical (unpaired) electrons. The molecular weight excluding hydrogens is 385 g/mol. The highest BCUT2D eigenvalue weighted by atomic mass is 19.4. The van der Waals surface area contributed by atoms with Gasteiger partial charge in [-0.25, -0.2) is 5.10 Å². The van der Waals surface area contributed by atoms with E-state index >= 15 is 0 Å². The van der Waals surface area contributed by atoms with Gasteiger partial charge >= 0.3 is 6.18 Å². The van der Waals surface area contributed by atoms with E-state index in [1.165, 1.54) is 12.4 Å². The maximum absolute atomic E-state index is 12.9. The molecule has 1 N–H and O–H groups in total. The lowest BCUT2D eigenvalue weighted by Crippen LogP contribution is -2.53. The third-order valence-corrected chi connectivity index (χ3v) is 5.21. The lowest BCUT2D eigenvalue weighted by molar-refractivity contribution is -0.128. The van der Waals surface area contributed by atoms with E-state index in [4.69, 9.17) is 0 Å². The van der Waals surface area contributed by atoms with E-state index in [2.05, 4.69) is 20.1 Å². The maximum Gasteiger partial charge on any atom is 0.394 e. The van der Waals surface area contributed by atoms with E-state index in [1.807, 2.05) is 24.8 Å². The van der Waals surface area contributed by atoms with Crippen molar-refractivity contribution in [2.24, 2.45) is 0 Å². The zero-order chi connectivity index (χ0) is 21.2. The lowest BCUT2D eigenvalue weighted by Gasteiger charge is -2.43. The van der Waals surface area contributed by atoms with Gasteiger partial charge in [0.25, 0.3) is 5.56 Å². The molecule has 29 heavy (non-hydrogen) atoms. The van der Waals surface area contributed by atoms with Gasteiger partial charge in [-0.15, -0.1) is 0 Å². The number of H-pyrrole nitrogens is 1. The Hall–Kier alpha value is -2.93. The number of nitrogens with one attached hydrogen (secondary N) is 1. The second-order valence-electron chi connectivity index (χ2n) is 7.12. The van der Waals surface area contributed by atoms with Crippen LogP contribution in [0, 0.1) is 11.3 Å². The second-order valence-corrected chi connectivity index (χ2v) is 7.12. The van der Waals surface area contributed by atoms with Gasteiger partial charge in [0.1, 0.15) is 11.6 Å². The summed E-state index contributed by atoms with van der Waals surface area (Å²) >= 11 is 0. The van der Waals surface area contributed by atoms with Crippen LogP contribution in [0.2, 0.25) is 0 Å². The van der Waals surface area contributed by atoms with Crippen molar-refractivity contribution in [2.75, 3.05) is 24.5 Å². The summed E-state index contributed by atoms with van der Waals surface area (Å²) in [6, 6.07) is 4.93. The first-order valence-electron chi connectivity index (χ1n) is 9.20. The molecule has 3 rings (SSSR count). The van der Waals surface area contributed by atoms with Crippen molar-refractivity contribution in [3.63, 3.8) is 0 Å². The van der Waals surface area contributed by atoms with Crippen LogP contribution in [-0.4, -0.2) is 51.9 Å². The zero-order valence-electron chi connectivity index (χ0n) is 16.1. The van der Waals surface area contributed by atoms with Crippen LogP contribution in [0.25, 0.3) is 0 Å². The van der Waals surface area contributed by atoms with Gasteiger partial charge in [-0.1, -0.05) is 6.07 Å². The number of rotatable bonds is 4. The number of aromatic amines is 1. The summed E-state index contributed by atoms with van der Waals surface area (Å²) < 4.78 is 38.7. The monoisotopic (exact) mass is 406 g/mol. The largest absolute Gasteiger partial charge is 0.394 e. The maximum atomic E-state index is 12.9. The van der Waals surface area contributed by atoms with Gasteiger partial charge in [0, 0.05) is 37.9 Å². The minimum atomic E-state index is -4.32. The minimum Gasteiger partial charge on any atom is -0.364 e. The summed E-state index contributed by atoms with van der Waals surface area (Å²) in [5.41, 5.74) is 0.526. The van der Waals surface area contributed by atoms with Crippen molar-refractivity contribution < 1.29 is 13.2 Å². The Morgan fingerprint density at radius 2 is 2.17 bits per heavy atom. The Morgan fingerprint density at radius 1 is 1.41 bits per heavy atom. The Labute approximate surface area is 165 Å². The predicted octanol–water partition coefficient (Wildman–Crippen LogP) is 2.41. The van der Waals surface area contributed by atoms with Crippen LogP contribution in [0.4, 0.5) is 18.9 Å². The Bertz CT molecular complexity index is 967. The number of anilines is 1. The molecule has 1 aliphatic rings. The van der Waals surface area contributed by atoms with Crippen molar-refractivity contribution in [1.82, 2.24) is 20.1 Å². The van der Waals surface area contributed by atoms with Gasteiger partial charge < -0.3 is 4.90 Å². The molecule has 2 aromatic heterocycles. The standard InChI is InChI=1S/C19H21F3N6O/c1-12-11-27(6-7-28(12)17-10-25-26-18(29)15(17)9-23)13(2)14-4-3-5-24-16(14)8-19(20,21)22/h3-5,10,12-13H,6-8,11H2,1-2H3,(H,26,29)/t12-,13-/m1/s1. The highest BCUT2D eigenvalue weighted by molar-refractivity contribution is 5.57. The fraction of sp³-hybridized carbons (Fsp3) is 0.474. The van der Waals surface area contributed by atoms with E-state index in [0.717, 1.165) is 0 Å². The number of hydrogen-bond acceptors (Lipinski definition) is 6. The molecule has 7 nitrogen and oxygen atoms in total. The van der Waals surface area contributed by atoms with Gasteiger partial charge in [0.2, 0.25) is 0 Å². The Balaban J connectivity index is 1.80. The average Bonchev–Trinajstić information content (AvgIpc) is 2.66. The number of hydrogen-bond donors (Lipinski definition) is 1. The predicted molar refractivity (Wildman–Crippen MR) is 100 cm³/mol. The van der Waals surface area contributed by atoms with Crippen LogP contribution in [0.5, 0.6) is 0 Å².